The smallest absolute Gasteiger partial charge is 0.0234 e. The van der Waals surface area contributed by atoms with Gasteiger partial charge in [0.05, 0.1) is 0 Å². The predicted octanol–water partition coefficient (Wildman–Crippen LogP) is 2.67. The molecule has 0 radical (unpaired) electrons. The predicted molar refractivity (Wildman–Crippen MR) is 58.0 cm³/mol. The molecule has 1 saturated heterocycles. The SMILES string of the molecule is c1ccc(CN2CC3(CCC3)C2)cc1. The van der Waals surface area contributed by atoms with E-state index in [9.17, 15) is 0 Å². The van der Waals surface area contributed by atoms with Crippen molar-refractivity contribution in [2.45, 2.75) is 25.8 Å². The summed E-state index contributed by atoms with van der Waals surface area (Å²) in [5.41, 5.74) is 2.23. The summed E-state index contributed by atoms with van der Waals surface area (Å²) in [5.74, 6) is 0. The van der Waals surface area contributed by atoms with Crippen LogP contribution in [-0.2, 0) is 6.54 Å². The van der Waals surface area contributed by atoms with E-state index in [1.807, 2.05) is 0 Å². The fraction of sp³-hybridized carbons (Fsp3) is 0.538. The Morgan fingerprint density at radius 1 is 1.07 bits per heavy atom. The van der Waals surface area contributed by atoms with Crippen molar-refractivity contribution in [3.63, 3.8) is 0 Å². The molecule has 1 aromatic carbocycles. The maximum absolute atomic E-state index is 2.58. The van der Waals surface area contributed by atoms with E-state index in [4.69, 9.17) is 0 Å². The van der Waals surface area contributed by atoms with Crippen molar-refractivity contribution in [1.82, 2.24) is 4.90 Å². The molecular weight excluding hydrogens is 170 g/mol. The molecule has 0 aromatic heterocycles. The van der Waals surface area contributed by atoms with Gasteiger partial charge in [-0.05, 0) is 23.8 Å². The first-order chi connectivity index (χ1) is 6.86. The molecule has 0 N–H and O–H groups in total. The summed E-state index contributed by atoms with van der Waals surface area (Å²) in [4.78, 5) is 2.58. The van der Waals surface area contributed by atoms with Gasteiger partial charge in [-0.15, -0.1) is 0 Å². The van der Waals surface area contributed by atoms with Crippen molar-refractivity contribution in [2.24, 2.45) is 5.41 Å². The van der Waals surface area contributed by atoms with Gasteiger partial charge in [0.25, 0.3) is 0 Å². The first-order valence-corrected chi connectivity index (χ1v) is 5.63. The summed E-state index contributed by atoms with van der Waals surface area (Å²) < 4.78 is 0. The molecule has 1 nitrogen and oxygen atoms in total. The minimum absolute atomic E-state index is 0.773. The van der Waals surface area contributed by atoms with Gasteiger partial charge in [0.15, 0.2) is 0 Å². The van der Waals surface area contributed by atoms with Gasteiger partial charge in [-0.1, -0.05) is 36.8 Å². The van der Waals surface area contributed by atoms with Crippen LogP contribution >= 0.6 is 0 Å². The van der Waals surface area contributed by atoms with Crippen LogP contribution < -0.4 is 0 Å². The third-order valence-corrected chi connectivity index (χ3v) is 3.78. The molecule has 1 saturated carbocycles. The van der Waals surface area contributed by atoms with Crippen molar-refractivity contribution >= 4 is 0 Å². The number of likely N-dealkylation sites (tertiary alicyclic amines) is 1. The normalized spacial score (nSPS) is 24.3. The van der Waals surface area contributed by atoms with Gasteiger partial charge in [-0.3, -0.25) is 4.90 Å². The fourth-order valence-corrected chi connectivity index (χ4v) is 2.85. The van der Waals surface area contributed by atoms with Crippen LogP contribution in [-0.4, -0.2) is 18.0 Å². The molecule has 0 amide bonds. The highest BCUT2D eigenvalue weighted by molar-refractivity contribution is 5.15. The van der Waals surface area contributed by atoms with Gasteiger partial charge in [-0.25, -0.2) is 0 Å². The molecule has 0 bridgehead atoms. The lowest BCUT2D eigenvalue weighted by Gasteiger charge is -2.56. The lowest BCUT2D eigenvalue weighted by molar-refractivity contribution is -0.0645. The Morgan fingerprint density at radius 2 is 1.79 bits per heavy atom. The zero-order valence-corrected chi connectivity index (χ0v) is 8.58. The third-order valence-electron chi connectivity index (χ3n) is 3.78. The van der Waals surface area contributed by atoms with Crippen LogP contribution in [0.1, 0.15) is 24.8 Å². The molecule has 1 spiro atoms. The molecule has 1 heteroatoms. The molecule has 2 aliphatic rings. The van der Waals surface area contributed by atoms with Crippen LogP contribution in [0.2, 0.25) is 0 Å². The highest BCUT2D eigenvalue weighted by atomic mass is 15.2. The lowest BCUT2D eigenvalue weighted by atomic mass is 9.63. The molecule has 1 aromatic rings. The van der Waals surface area contributed by atoms with E-state index < -0.39 is 0 Å². The van der Waals surface area contributed by atoms with Crippen molar-refractivity contribution in [3.05, 3.63) is 35.9 Å². The van der Waals surface area contributed by atoms with Gasteiger partial charge >= 0.3 is 0 Å². The maximum atomic E-state index is 2.58. The van der Waals surface area contributed by atoms with Crippen molar-refractivity contribution < 1.29 is 0 Å². The second-order valence-electron chi connectivity index (χ2n) is 4.98. The molecule has 1 heterocycles. The maximum Gasteiger partial charge on any atom is 0.0234 e. The van der Waals surface area contributed by atoms with E-state index in [0.717, 1.165) is 12.0 Å². The van der Waals surface area contributed by atoms with Crippen molar-refractivity contribution in [2.75, 3.05) is 13.1 Å². The highest BCUT2D eigenvalue weighted by Crippen LogP contribution is 2.48. The Hall–Kier alpha value is -0.820. The highest BCUT2D eigenvalue weighted by Gasteiger charge is 2.46. The van der Waals surface area contributed by atoms with Crippen LogP contribution in [0, 0.1) is 5.41 Å². The van der Waals surface area contributed by atoms with Crippen LogP contribution in [0.25, 0.3) is 0 Å². The van der Waals surface area contributed by atoms with Gasteiger partial charge in [0.2, 0.25) is 0 Å². The van der Waals surface area contributed by atoms with Gasteiger partial charge < -0.3 is 0 Å². The second kappa shape index (κ2) is 3.09. The molecule has 0 atom stereocenters. The number of benzene rings is 1. The summed E-state index contributed by atoms with van der Waals surface area (Å²) in [6.07, 6.45) is 4.44. The number of hydrogen-bond acceptors (Lipinski definition) is 1. The first-order valence-electron chi connectivity index (χ1n) is 5.63. The van der Waals surface area contributed by atoms with Gasteiger partial charge in [0.1, 0.15) is 0 Å². The third kappa shape index (κ3) is 1.36. The Bertz CT molecular complexity index is 305. The Kier molecular flexibility index (Phi) is 1.88. The summed E-state index contributed by atoms with van der Waals surface area (Å²) in [5, 5.41) is 0. The Balaban J connectivity index is 1.56. The zero-order chi connectivity index (χ0) is 9.43. The number of rotatable bonds is 2. The minimum atomic E-state index is 0.773. The molecule has 1 aliphatic heterocycles. The van der Waals surface area contributed by atoms with E-state index in [-0.39, 0.29) is 0 Å². The van der Waals surface area contributed by atoms with E-state index in [2.05, 4.69) is 35.2 Å². The average Bonchev–Trinajstić information content (AvgIpc) is 2.09. The Morgan fingerprint density at radius 3 is 2.36 bits per heavy atom. The van der Waals surface area contributed by atoms with E-state index in [1.165, 1.54) is 37.9 Å². The number of nitrogens with zero attached hydrogens (tertiary/aromatic N) is 1. The molecule has 74 valence electrons. The van der Waals surface area contributed by atoms with Crippen LogP contribution in [0.15, 0.2) is 30.3 Å². The molecule has 3 rings (SSSR count). The lowest BCUT2D eigenvalue weighted by Crippen LogP contribution is -2.58. The minimum Gasteiger partial charge on any atom is -0.298 e. The van der Waals surface area contributed by atoms with Gasteiger partial charge in [-0.2, -0.15) is 0 Å². The standard InChI is InChI=1S/C13H17N/c1-2-5-12(6-3-1)9-14-10-13(11-14)7-4-8-13/h1-3,5-6H,4,7-11H2. The van der Waals surface area contributed by atoms with Crippen molar-refractivity contribution in [3.8, 4) is 0 Å². The summed E-state index contributed by atoms with van der Waals surface area (Å²) in [6.45, 7) is 3.85. The van der Waals surface area contributed by atoms with Crippen molar-refractivity contribution in [1.29, 1.82) is 0 Å². The Labute approximate surface area is 85.7 Å². The second-order valence-corrected chi connectivity index (χ2v) is 4.98. The molecule has 1 aliphatic carbocycles. The summed E-state index contributed by atoms with van der Waals surface area (Å²) >= 11 is 0. The van der Waals surface area contributed by atoms with E-state index in [1.54, 1.807) is 0 Å². The first kappa shape index (κ1) is 8.49. The van der Waals surface area contributed by atoms with Gasteiger partial charge in [0, 0.05) is 19.6 Å². The van der Waals surface area contributed by atoms with Crippen LogP contribution in [0.3, 0.4) is 0 Å². The number of hydrogen-bond donors (Lipinski definition) is 0. The summed E-state index contributed by atoms with van der Waals surface area (Å²) in [7, 11) is 0. The molecule has 0 unspecified atom stereocenters. The van der Waals surface area contributed by atoms with E-state index >= 15 is 0 Å². The van der Waals surface area contributed by atoms with E-state index in [0.29, 0.717) is 0 Å². The largest absolute Gasteiger partial charge is 0.298 e. The van der Waals surface area contributed by atoms with Crippen LogP contribution in [0.5, 0.6) is 0 Å². The molecule has 2 fully saturated rings. The van der Waals surface area contributed by atoms with Crippen LogP contribution in [0.4, 0.5) is 0 Å². The average molecular weight is 187 g/mol. The molecular formula is C13H17N. The fourth-order valence-electron chi connectivity index (χ4n) is 2.85. The summed E-state index contributed by atoms with van der Waals surface area (Å²) in [6, 6.07) is 10.8. The zero-order valence-electron chi connectivity index (χ0n) is 8.58. The topological polar surface area (TPSA) is 3.24 Å². The quantitative estimate of drug-likeness (QED) is 0.688. The molecule has 14 heavy (non-hydrogen) atoms. The monoisotopic (exact) mass is 187 g/mol.